The lowest BCUT2D eigenvalue weighted by atomic mass is 9.52. The van der Waals surface area contributed by atoms with Crippen LogP contribution in [0.1, 0.15) is 34.1 Å². The molecule has 29 heavy (non-hydrogen) atoms. The van der Waals surface area contributed by atoms with Crippen LogP contribution in [0, 0.1) is 28.1 Å². The Bertz CT molecular complexity index is 851. The minimum absolute atomic E-state index is 0.139. The van der Waals surface area contributed by atoms with Crippen molar-refractivity contribution in [2.45, 2.75) is 76.0 Å². The summed E-state index contributed by atoms with van der Waals surface area (Å²) in [4.78, 5) is 25.9. The molecule has 0 radical (unpaired) electrons. The zero-order chi connectivity index (χ0) is 20.9. The first-order valence-electron chi connectivity index (χ1n) is 10.2. The van der Waals surface area contributed by atoms with Gasteiger partial charge in [0.05, 0.1) is 36.1 Å². The summed E-state index contributed by atoms with van der Waals surface area (Å²) >= 11 is 0. The molecule has 9 nitrogen and oxygen atoms in total. The Balaban J connectivity index is 1.72. The number of hydrogen-bond acceptors (Lipinski definition) is 9. The molecule has 0 aromatic heterocycles. The lowest BCUT2D eigenvalue weighted by molar-refractivity contribution is -0.240. The summed E-state index contributed by atoms with van der Waals surface area (Å²) in [6.45, 7) is 7.63. The molecule has 4 saturated heterocycles. The van der Waals surface area contributed by atoms with Crippen LogP contribution in [0.5, 0.6) is 0 Å². The summed E-state index contributed by atoms with van der Waals surface area (Å²) in [5.74, 6) is -2.48. The lowest BCUT2D eigenvalue weighted by Gasteiger charge is -2.46. The maximum absolute atomic E-state index is 13.4. The highest BCUT2D eigenvalue weighted by Gasteiger charge is 3.02. The number of carbonyl (C=O) groups is 2. The van der Waals surface area contributed by atoms with E-state index in [1.807, 2.05) is 20.8 Å². The minimum Gasteiger partial charge on any atom is -0.456 e. The molecule has 0 aromatic carbocycles. The largest absolute Gasteiger partial charge is 0.456 e. The van der Waals surface area contributed by atoms with E-state index < -0.39 is 81.9 Å². The monoisotopic (exact) mass is 410 g/mol. The van der Waals surface area contributed by atoms with Crippen LogP contribution in [0.3, 0.4) is 0 Å². The highest BCUT2D eigenvalue weighted by Crippen LogP contribution is 2.84. The summed E-state index contributed by atoms with van der Waals surface area (Å²) in [7, 11) is 0. The Hall–Kier alpha value is -1.26. The standard InChI is InChI=1S/C20H26O9/c1-7-6-26-13-11(23)18-12-9(22)10(16(2,3)4)17(18)5-8(21)27-15(17)29-20(18,14(24)28-12)19(7,13)25/h7,9-13,15,22-23,25H,5-6H2,1-4H3/t7-,9-,10+,11?,12?,13?,15?,17?,18?,19-,20-/m1/s1. The predicted octanol–water partition coefficient (Wildman–Crippen LogP) is -0.896. The SMILES string of the molecule is C[C@@H]1COC2C(O)C34C5OC(=O)[C@]3(OC3OC(=O)CC34[C@H](C(C)(C)C)[C@H]5O)[C@]21O. The number of aliphatic hydroxyl groups is 3. The fourth-order valence-corrected chi connectivity index (χ4v) is 8.38. The molecule has 6 fully saturated rings. The molecular weight excluding hydrogens is 384 g/mol. The van der Waals surface area contributed by atoms with E-state index in [9.17, 15) is 24.9 Å². The van der Waals surface area contributed by atoms with Gasteiger partial charge in [-0.05, 0) is 5.41 Å². The maximum atomic E-state index is 13.4. The van der Waals surface area contributed by atoms with Crippen molar-refractivity contribution in [3.63, 3.8) is 0 Å². The fraction of sp³-hybridized carbons (Fsp3) is 0.900. The van der Waals surface area contributed by atoms with Gasteiger partial charge >= 0.3 is 11.9 Å². The van der Waals surface area contributed by atoms with Gasteiger partial charge in [-0.2, -0.15) is 0 Å². The molecule has 0 bridgehead atoms. The highest BCUT2D eigenvalue weighted by atomic mass is 16.7. The van der Waals surface area contributed by atoms with Gasteiger partial charge in [-0.1, -0.05) is 27.7 Å². The second kappa shape index (κ2) is 4.65. The van der Waals surface area contributed by atoms with E-state index in [2.05, 4.69) is 0 Å². The Morgan fingerprint density at radius 3 is 2.45 bits per heavy atom. The Labute approximate surface area is 167 Å². The molecule has 6 unspecified atom stereocenters. The van der Waals surface area contributed by atoms with Crippen molar-refractivity contribution in [3.05, 3.63) is 0 Å². The number of esters is 2. The third kappa shape index (κ3) is 1.38. The number of fused-ring (bicyclic) bond motifs is 1. The van der Waals surface area contributed by atoms with Gasteiger partial charge in [0, 0.05) is 11.8 Å². The van der Waals surface area contributed by atoms with E-state index in [0.717, 1.165) is 0 Å². The summed E-state index contributed by atoms with van der Waals surface area (Å²) < 4.78 is 23.2. The van der Waals surface area contributed by atoms with Gasteiger partial charge in [-0.3, -0.25) is 4.79 Å². The van der Waals surface area contributed by atoms with Gasteiger partial charge in [-0.15, -0.1) is 0 Å². The number of aliphatic hydroxyl groups excluding tert-OH is 2. The fourth-order valence-electron chi connectivity index (χ4n) is 8.38. The number of ether oxygens (including phenoxy) is 4. The van der Waals surface area contributed by atoms with E-state index in [1.54, 1.807) is 6.92 Å². The van der Waals surface area contributed by atoms with Gasteiger partial charge in [-0.25, -0.2) is 4.79 Å². The van der Waals surface area contributed by atoms with Crippen LogP contribution < -0.4 is 0 Å². The van der Waals surface area contributed by atoms with Gasteiger partial charge in [0.2, 0.25) is 11.9 Å². The molecule has 0 amide bonds. The Morgan fingerprint density at radius 2 is 1.79 bits per heavy atom. The van der Waals surface area contributed by atoms with Crippen molar-refractivity contribution >= 4 is 11.9 Å². The molecule has 2 aliphatic carbocycles. The van der Waals surface area contributed by atoms with Gasteiger partial charge in [0.15, 0.2) is 0 Å². The third-order valence-electron chi connectivity index (χ3n) is 8.87. The van der Waals surface area contributed by atoms with Crippen LogP contribution >= 0.6 is 0 Å². The zero-order valence-electron chi connectivity index (χ0n) is 16.7. The van der Waals surface area contributed by atoms with Crippen molar-refractivity contribution in [1.82, 2.24) is 0 Å². The van der Waals surface area contributed by atoms with E-state index in [1.165, 1.54) is 0 Å². The number of hydrogen-bond donors (Lipinski definition) is 3. The van der Waals surface area contributed by atoms with Crippen molar-refractivity contribution in [3.8, 4) is 0 Å². The smallest absolute Gasteiger partial charge is 0.343 e. The Morgan fingerprint density at radius 1 is 1.10 bits per heavy atom. The Kier molecular flexibility index (Phi) is 2.97. The first kappa shape index (κ1) is 18.5. The predicted molar refractivity (Wildman–Crippen MR) is 91.9 cm³/mol. The van der Waals surface area contributed by atoms with Crippen molar-refractivity contribution < 1.29 is 43.9 Å². The van der Waals surface area contributed by atoms with Crippen LogP contribution in [0.2, 0.25) is 0 Å². The van der Waals surface area contributed by atoms with Crippen molar-refractivity contribution in [2.75, 3.05) is 6.61 Å². The average molecular weight is 410 g/mol. The quantitative estimate of drug-likeness (QED) is 0.435. The molecule has 9 heteroatoms. The van der Waals surface area contributed by atoms with E-state index in [0.29, 0.717) is 0 Å². The summed E-state index contributed by atoms with van der Waals surface area (Å²) in [5, 5.41) is 34.9. The molecule has 3 N–H and O–H groups in total. The molecule has 4 heterocycles. The maximum Gasteiger partial charge on any atom is 0.343 e. The molecule has 6 rings (SSSR count). The van der Waals surface area contributed by atoms with Crippen molar-refractivity contribution in [1.29, 1.82) is 0 Å². The molecule has 2 saturated carbocycles. The lowest BCUT2D eigenvalue weighted by Crippen LogP contribution is -2.65. The second-order valence-corrected chi connectivity index (χ2v) is 10.8. The normalized spacial score (nSPS) is 62.0. The summed E-state index contributed by atoms with van der Waals surface area (Å²) in [5.41, 5.74) is -7.17. The second-order valence-electron chi connectivity index (χ2n) is 10.8. The van der Waals surface area contributed by atoms with Gasteiger partial charge < -0.3 is 34.3 Å². The van der Waals surface area contributed by atoms with Gasteiger partial charge in [0.25, 0.3) is 0 Å². The first-order valence-corrected chi connectivity index (χ1v) is 10.2. The van der Waals surface area contributed by atoms with Crippen LogP contribution in [-0.2, 0) is 28.5 Å². The molecule has 0 aromatic rings. The van der Waals surface area contributed by atoms with Crippen LogP contribution in [-0.4, -0.2) is 75.8 Å². The van der Waals surface area contributed by atoms with Crippen LogP contribution in [0.15, 0.2) is 0 Å². The third-order valence-corrected chi connectivity index (χ3v) is 8.87. The van der Waals surface area contributed by atoms with Gasteiger partial charge in [0.1, 0.15) is 17.8 Å². The molecule has 2 spiro atoms. The first-order chi connectivity index (χ1) is 13.4. The number of rotatable bonds is 0. The van der Waals surface area contributed by atoms with Crippen LogP contribution in [0.25, 0.3) is 0 Å². The van der Waals surface area contributed by atoms with E-state index >= 15 is 0 Å². The van der Waals surface area contributed by atoms with E-state index in [4.69, 9.17) is 18.9 Å². The molecule has 6 aliphatic rings. The minimum atomic E-state index is -1.98. The highest BCUT2D eigenvalue weighted by molar-refractivity contribution is 5.90. The zero-order valence-corrected chi connectivity index (χ0v) is 16.7. The average Bonchev–Trinajstić information content (AvgIpc) is 3.30. The molecule has 160 valence electrons. The molecule has 11 atom stereocenters. The summed E-state index contributed by atoms with van der Waals surface area (Å²) in [6.07, 6.45) is -6.07. The number of carbonyl (C=O) groups excluding carboxylic acids is 2. The van der Waals surface area contributed by atoms with Crippen LogP contribution in [0.4, 0.5) is 0 Å². The summed E-state index contributed by atoms with van der Waals surface area (Å²) in [6, 6.07) is 0. The topological polar surface area (TPSA) is 132 Å². The van der Waals surface area contributed by atoms with E-state index in [-0.39, 0.29) is 13.0 Å². The molecule has 4 aliphatic heterocycles. The van der Waals surface area contributed by atoms with Crippen molar-refractivity contribution in [2.24, 2.45) is 28.1 Å². The molecular formula is C20H26O9.